The first-order valence-corrected chi connectivity index (χ1v) is 8.62. The maximum Gasteiger partial charge on any atom is 0.180 e. The van der Waals surface area contributed by atoms with Crippen molar-refractivity contribution in [3.05, 3.63) is 24.0 Å². The molecule has 2 heterocycles. The van der Waals surface area contributed by atoms with Crippen molar-refractivity contribution in [2.24, 2.45) is 0 Å². The highest BCUT2D eigenvalue weighted by Gasteiger charge is 2.20. The highest BCUT2D eigenvalue weighted by Crippen LogP contribution is 2.22. The van der Waals surface area contributed by atoms with Gasteiger partial charge >= 0.3 is 0 Å². The maximum atomic E-state index is 12.1. The summed E-state index contributed by atoms with van der Waals surface area (Å²) >= 11 is 0. The highest BCUT2D eigenvalue weighted by molar-refractivity contribution is 7.90. The van der Waals surface area contributed by atoms with Gasteiger partial charge in [-0.15, -0.1) is 0 Å². The van der Waals surface area contributed by atoms with E-state index in [4.69, 9.17) is 0 Å². The minimum atomic E-state index is -3.09. The molecule has 1 N–H and O–H groups in total. The van der Waals surface area contributed by atoms with Crippen molar-refractivity contribution in [1.82, 2.24) is 9.88 Å². The average Bonchev–Trinajstić information content (AvgIpc) is 2.85. The second-order valence-electron chi connectivity index (χ2n) is 5.08. The van der Waals surface area contributed by atoms with Gasteiger partial charge in [-0.25, -0.2) is 8.42 Å². The molecule has 1 aromatic heterocycles. The molecule has 1 aromatic rings. The molecule has 1 saturated heterocycles. The summed E-state index contributed by atoms with van der Waals surface area (Å²) in [7, 11) is -3.09. The largest absolute Gasteiger partial charge is 0.342 e. The lowest BCUT2D eigenvalue weighted by atomic mass is 10.1. The minimum absolute atomic E-state index is 0.0633. The molecule has 0 aliphatic carbocycles. The fourth-order valence-corrected chi connectivity index (χ4v) is 3.00. The Morgan fingerprint density at radius 3 is 2.74 bits per heavy atom. The molecule has 0 bridgehead atoms. The maximum absolute atomic E-state index is 12.1. The quantitative estimate of drug-likeness (QED) is 0.820. The monoisotopic (exact) mass is 284 g/mol. The Morgan fingerprint density at radius 2 is 2.11 bits per heavy atom. The lowest BCUT2D eigenvalue weighted by molar-refractivity contribution is 0.0976. The van der Waals surface area contributed by atoms with Crippen molar-refractivity contribution in [1.29, 1.82) is 0 Å². The first-order valence-electron chi connectivity index (χ1n) is 6.56. The van der Waals surface area contributed by atoms with E-state index >= 15 is 0 Å². The van der Waals surface area contributed by atoms with E-state index in [-0.39, 0.29) is 18.0 Å². The van der Waals surface area contributed by atoms with Crippen LogP contribution in [0.3, 0.4) is 0 Å². The second-order valence-corrected chi connectivity index (χ2v) is 7.34. The van der Waals surface area contributed by atoms with Crippen LogP contribution in [0.1, 0.15) is 35.8 Å². The third-order valence-corrected chi connectivity index (χ3v) is 4.41. The number of nitrogens with zero attached hydrogens (tertiary/aromatic N) is 1. The van der Waals surface area contributed by atoms with E-state index in [1.165, 1.54) is 0 Å². The van der Waals surface area contributed by atoms with Crippen LogP contribution in [0.25, 0.3) is 0 Å². The number of carbonyl (C=O) groups excluding carboxylic acids is 1. The summed E-state index contributed by atoms with van der Waals surface area (Å²) in [6.45, 7) is 1.92. The van der Waals surface area contributed by atoms with E-state index in [2.05, 4.69) is 5.32 Å². The molecule has 1 fully saturated rings. The van der Waals surface area contributed by atoms with Crippen LogP contribution in [0.2, 0.25) is 0 Å². The van der Waals surface area contributed by atoms with Gasteiger partial charge in [0.15, 0.2) is 5.78 Å². The van der Waals surface area contributed by atoms with Crippen molar-refractivity contribution in [2.45, 2.75) is 25.3 Å². The van der Waals surface area contributed by atoms with Crippen molar-refractivity contribution in [2.75, 3.05) is 25.1 Å². The van der Waals surface area contributed by atoms with E-state index in [9.17, 15) is 13.2 Å². The number of carbonyl (C=O) groups is 1. The van der Waals surface area contributed by atoms with Crippen LogP contribution in [0.15, 0.2) is 18.3 Å². The average molecular weight is 284 g/mol. The number of rotatable bonds is 5. The van der Waals surface area contributed by atoms with Gasteiger partial charge in [-0.3, -0.25) is 4.79 Å². The molecule has 5 nitrogen and oxygen atoms in total. The molecule has 6 heteroatoms. The molecule has 0 unspecified atom stereocenters. The fraction of sp³-hybridized carbons (Fsp3) is 0.615. The predicted molar refractivity (Wildman–Crippen MR) is 74.2 cm³/mol. The van der Waals surface area contributed by atoms with Gasteiger partial charge in [0.2, 0.25) is 0 Å². The van der Waals surface area contributed by atoms with Gasteiger partial charge in [-0.2, -0.15) is 0 Å². The smallest absolute Gasteiger partial charge is 0.180 e. The summed E-state index contributed by atoms with van der Waals surface area (Å²) in [6.07, 6.45) is 5.14. The van der Waals surface area contributed by atoms with Crippen LogP contribution in [0.4, 0.5) is 0 Å². The Bertz CT molecular complexity index is 542. The number of aromatic nitrogens is 1. The van der Waals surface area contributed by atoms with E-state index < -0.39 is 9.84 Å². The Kier molecular flexibility index (Phi) is 4.42. The minimum Gasteiger partial charge on any atom is -0.342 e. The molecule has 0 saturated carbocycles. The van der Waals surface area contributed by atoms with E-state index in [1.807, 2.05) is 16.8 Å². The third kappa shape index (κ3) is 3.91. The van der Waals surface area contributed by atoms with Gasteiger partial charge in [-0.05, 0) is 38.1 Å². The molecule has 0 amide bonds. The first-order chi connectivity index (χ1) is 8.97. The fourth-order valence-electron chi connectivity index (χ4n) is 2.44. The lowest BCUT2D eigenvalue weighted by Gasteiger charge is -2.25. The molecular weight excluding hydrogens is 264 g/mol. The zero-order chi connectivity index (χ0) is 13.9. The number of hydrogen-bond donors (Lipinski definition) is 1. The van der Waals surface area contributed by atoms with Crippen LogP contribution < -0.4 is 5.32 Å². The summed E-state index contributed by atoms with van der Waals surface area (Å²) in [5, 5.41) is 3.29. The van der Waals surface area contributed by atoms with Gasteiger partial charge in [-0.1, -0.05) is 0 Å². The standard InChI is InChI=1S/C13H20N2O3S/c1-19(17,18)10-6-13(16)12-3-2-9-15(12)11-4-7-14-8-5-11/h2-3,9,11,14H,4-8,10H2,1H3. The number of piperidine rings is 1. The topological polar surface area (TPSA) is 68.2 Å². The molecular formula is C13H20N2O3S. The summed E-state index contributed by atoms with van der Waals surface area (Å²) < 4.78 is 24.3. The normalized spacial score (nSPS) is 17.5. The van der Waals surface area contributed by atoms with E-state index in [1.54, 1.807) is 6.07 Å². The number of ketones is 1. The molecule has 1 aliphatic heterocycles. The highest BCUT2D eigenvalue weighted by atomic mass is 32.2. The van der Waals surface area contributed by atoms with Crippen LogP contribution in [0.5, 0.6) is 0 Å². The summed E-state index contributed by atoms with van der Waals surface area (Å²) in [5.41, 5.74) is 0.635. The number of hydrogen-bond acceptors (Lipinski definition) is 4. The zero-order valence-electron chi connectivity index (χ0n) is 11.1. The van der Waals surface area contributed by atoms with Crippen LogP contribution in [-0.2, 0) is 9.84 Å². The van der Waals surface area contributed by atoms with Crippen molar-refractivity contribution in [3.63, 3.8) is 0 Å². The SMILES string of the molecule is CS(=O)(=O)CCC(=O)c1cccn1C1CCNCC1. The summed E-state index contributed by atoms with van der Waals surface area (Å²) in [6, 6.07) is 3.98. The van der Waals surface area contributed by atoms with Crippen molar-refractivity contribution in [3.8, 4) is 0 Å². The molecule has 0 aromatic carbocycles. The number of nitrogens with one attached hydrogen (secondary N) is 1. The van der Waals surface area contributed by atoms with Gasteiger partial charge < -0.3 is 9.88 Å². The Labute approximate surface area is 113 Å². The van der Waals surface area contributed by atoms with E-state index in [0.717, 1.165) is 32.2 Å². The molecule has 2 rings (SSSR count). The van der Waals surface area contributed by atoms with E-state index in [0.29, 0.717) is 11.7 Å². The first kappa shape index (κ1) is 14.3. The number of sulfone groups is 1. The van der Waals surface area contributed by atoms with Crippen LogP contribution >= 0.6 is 0 Å². The third-order valence-electron chi connectivity index (χ3n) is 3.47. The Hall–Kier alpha value is -1.14. The Balaban J connectivity index is 2.08. The molecule has 19 heavy (non-hydrogen) atoms. The zero-order valence-corrected chi connectivity index (χ0v) is 11.9. The molecule has 0 atom stereocenters. The summed E-state index contributed by atoms with van der Waals surface area (Å²) in [5.74, 6) is -0.169. The van der Waals surface area contributed by atoms with Gasteiger partial charge in [0, 0.05) is 24.9 Å². The van der Waals surface area contributed by atoms with Gasteiger partial charge in [0.25, 0.3) is 0 Å². The molecule has 1 aliphatic rings. The molecule has 0 radical (unpaired) electrons. The van der Waals surface area contributed by atoms with Gasteiger partial charge in [0.1, 0.15) is 9.84 Å². The predicted octanol–water partition coefficient (Wildman–Crippen LogP) is 1.03. The summed E-state index contributed by atoms with van der Waals surface area (Å²) in [4.78, 5) is 12.1. The lowest BCUT2D eigenvalue weighted by Crippen LogP contribution is -2.30. The molecule has 0 spiro atoms. The van der Waals surface area contributed by atoms with Crippen molar-refractivity contribution < 1.29 is 13.2 Å². The molecule has 106 valence electrons. The van der Waals surface area contributed by atoms with Crippen LogP contribution in [-0.4, -0.2) is 43.9 Å². The second kappa shape index (κ2) is 5.88. The van der Waals surface area contributed by atoms with Crippen molar-refractivity contribution >= 4 is 15.6 Å². The van der Waals surface area contributed by atoms with Gasteiger partial charge in [0.05, 0.1) is 11.4 Å². The number of Topliss-reactive ketones (excluding diaryl/α,β-unsaturated/α-hetero) is 1. The Morgan fingerprint density at radius 1 is 1.42 bits per heavy atom. The van der Waals surface area contributed by atoms with Crippen LogP contribution in [0, 0.1) is 0 Å².